The topological polar surface area (TPSA) is 73.2 Å². The van der Waals surface area contributed by atoms with E-state index in [2.05, 4.69) is 10.4 Å². The number of anilines is 1. The first-order chi connectivity index (χ1) is 12.9. The number of benzene rings is 2. The molecule has 1 atom stereocenters. The second-order valence-corrected chi connectivity index (χ2v) is 6.09. The number of nitrogens with zero attached hydrogens (tertiary/aromatic N) is 2. The van der Waals surface area contributed by atoms with Crippen molar-refractivity contribution >= 4 is 23.2 Å². The molecule has 27 heavy (non-hydrogen) atoms. The van der Waals surface area contributed by atoms with E-state index >= 15 is 0 Å². The summed E-state index contributed by atoms with van der Waals surface area (Å²) in [6.07, 6.45) is -0.879. The zero-order chi connectivity index (χ0) is 19.4. The second-order valence-electron chi connectivity index (χ2n) is 5.66. The van der Waals surface area contributed by atoms with E-state index < -0.39 is 23.4 Å². The quantitative estimate of drug-likeness (QED) is 0.728. The van der Waals surface area contributed by atoms with Crippen molar-refractivity contribution in [3.63, 3.8) is 0 Å². The second kappa shape index (κ2) is 8.01. The van der Waals surface area contributed by atoms with Crippen molar-refractivity contribution in [1.29, 1.82) is 0 Å². The maximum absolute atomic E-state index is 13.1. The molecule has 1 amide bonds. The standard InChI is InChI=1S/C19H15ClFN3O3/c1-12(19(26)22-15-4-2-3-13(20)11-15)27-17-9-10-18(25)24(23-17)16-7-5-14(21)6-8-16/h2-12H,1H3,(H,22,26)/t12-/m0/s1. The van der Waals surface area contributed by atoms with Crippen LogP contribution in [-0.2, 0) is 4.79 Å². The summed E-state index contributed by atoms with van der Waals surface area (Å²) in [4.78, 5) is 24.3. The van der Waals surface area contributed by atoms with Crippen molar-refractivity contribution in [1.82, 2.24) is 9.78 Å². The van der Waals surface area contributed by atoms with Gasteiger partial charge < -0.3 is 10.1 Å². The van der Waals surface area contributed by atoms with Crippen LogP contribution in [0.25, 0.3) is 5.69 Å². The Morgan fingerprint density at radius 2 is 1.93 bits per heavy atom. The fraction of sp³-hybridized carbons (Fsp3) is 0.105. The lowest BCUT2D eigenvalue weighted by Gasteiger charge is -2.15. The van der Waals surface area contributed by atoms with Crippen molar-refractivity contribution in [2.75, 3.05) is 5.32 Å². The van der Waals surface area contributed by atoms with Crippen LogP contribution in [0.5, 0.6) is 5.88 Å². The highest BCUT2D eigenvalue weighted by Crippen LogP contribution is 2.16. The summed E-state index contributed by atoms with van der Waals surface area (Å²) < 4.78 is 19.7. The fourth-order valence-corrected chi connectivity index (χ4v) is 2.46. The van der Waals surface area contributed by atoms with E-state index in [1.54, 1.807) is 31.2 Å². The van der Waals surface area contributed by atoms with Gasteiger partial charge in [-0.1, -0.05) is 17.7 Å². The van der Waals surface area contributed by atoms with Gasteiger partial charge in [-0.3, -0.25) is 9.59 Å². The van der Waals surface area contributed by atoms with Crippen LogP contribution in [-0.4, -0.2) is 21.8 Å². The summed E-state index contributed by atoms with van der Waals surface area (Å²) in [6.45, 7) is 1.55. The number of aromatic nitrogens is 2. The smallest absolute Gasteiger partial charge is 0.271 e. The molecule has 0 saturated carbocycles. The number of rotatable bonds is 5. The monoisotopic (exact) mass is 387 g/mol. The van der Waals surface area contributed by atoms with Gasteiger partial charge in [0.05, 0.1) is 5.69 Å². The number of hydrogen-bond donors (Lipinski definition) is 1. The lowest BCUT2D eigenvalue weighted by atomic mass is 10.3. The van der Waals surface area contributed by atoms with E-state index in [0.717, 1.165) is 4.68 Å². The molecule has 1 N–H and O–H groups in total. The van der Waals surface area contributed by atoms with Crippen molar-refractivity contribution in [3.05, 3.63) is 81.9 Å². The summed E-state index contributed by atoms with van der Waals surface area (Å²) in [7, 11) is 0. The van der Waals surface area contributed by atoms with E-state index in [0.29, 0.717) is 16.4 Å². The number of ether oxygens (including phenoxy) is 1. The minimum atomic E-state index is -0.879. The fourth-order valence-electron chi connectivity index (χ4n) is 2.27. The summed E-state index contributed by atoms with van der Waals surface area (Å²) in [5.41, 5.74) is 0.500. The van der Waals surface area contributed by atoms with Crippen LogP contribution >= 0.6 is 11.6 Å². The van der Waals surface area contributed by atoms with Gasteiger partial charge in [-0.25, -0.2) is 4.39 Å². The molecule has 0 unspecified atom stereocenters. The molecule has 3 rings (SSSR count). The number of carbonyl (C=O) groups excluding carboxylic acids is 1. The van der Waals surface area contributed by atoms with Gasteiger partial charge in [-0.05, 0) is 49.4 Å². The highest BCUT2D eigenvalue weighted by atomic mass is 35.5. The SMILES string of the molecule is C[C@H](Oc1ccc(=O)n(-c2ccc(F)cc2)n1)C(=O)Nc1cccc(Cl)c1. The molecule has 1 heterocycles. The Morgan fingerprint density at radius 3 is 2.63 bits per heavy atom. The number of amides is 1. The van der Waals surface area contributed by atoms with Crippen LogP contribution < -0.4 is 15.6 Å². The van der Waals surface area contributed by atoms with Gasteiger partial charge in [0.15, 0.2) is 6.10 Å². The summed E-state index contributed by atoms with van der Waals surface area (Å²) in [6, 6.07) is 14.6. The molecule has 0 fully saturated rings. The van der Waals surface area contributed by atoms with E-state index in [9.17, 15) is 14.0 Å². The highest BCUT2D eigenvalue weighted by Gasteiger charge is 2.16. The first-order valence-corrected chi connectivity index (χ1v) is 8.39. The van der Waals surface area contributed by atoms with Gasteiger partial charge in [-0.2, -0.15) is 4.68 Å². The Morgan fingerprint density at radius 1 is 1.19 bits per heavy atom. The first kappa shape index (κ1) is 18.6. The normalized spacial score (nSPS) is 11.7. The van der Waals surface area contributed by atoms with E-state index in [-0.39, 0.29) is 5.88 Å². The minimum absolute atomic E-state index is 0.0765. The van der Waals surface area contributed by atoms with Crippen molar-refractivity contribution in [2.24, 2.45) is 0 Å². The molecule has 0 aliphatic heterocycles. The van der Waals surface area contributed by atoms with Crippen LogP contribution in [0, 0.1) is 5.82 Å². The average molecular weight is 388 g/mol. The number of carbonyl (C=O) groups is 1. The van der Waals surface area contributed by atoms with E-state index in [1.165, 1.54) is 36.4 Å². The van der Waals surface area contributed by atoms with Crippen LogP contribution in [0.15, 0.2) is 65.5 Å². The lowest BCUT2D eigenvalue weighted by Crippen LogP contribution is -2.31. The van der Waals surface area contributed by atoms with Gasteiger partial charge in [0.25, 0.3) is 11.5 Å². The third-order valence-corrected chi connectivity index (χ3v) is 3.84. The van der Waals surface area contributed by atoms with Gasteiger partial charge in [-0.15, -0.1) is 5.10 Å². The van der Waals surface area contributed by atoms with Crippen LogP contribution in [0.4, 0.5) is 10.1 Å². The molecule has 6 nitrogen and oxygen atoms in total. The number of hydrogen-bond acceptors (Lipinski definition) is 4. The average Bonchev–Trinajstić information content (AvgIpc) is 2.64. The highest BCUT2D eigenvalue weighted by molar-refractivity contribution is 6.30. The van der Waals surface area contributed by atoms with Gasteiger partial charge in [0, 0.05) is 22.8 Å². The Kier molecular flexibility index (Phi) is 5.52. The Balaban J connectivity index is 1.75. The number of nitrogens with one attached hydrogen (secondary N) is 1. The molecular formula is C19H15ClFN3O3. The molecule has 3 aromatic rings. The Labute approximate surface area is 159 Å². The zero-order valence-corrected chi connectivity index (χ0v) is 15.0. The molecule has 0 aliphatic rings. The van der Waals surface area contributed by atoms with Gasteiger partial charge in [0.1, 0.15) is 5.82 Å². The van der Waals surface area contributed by atoms with Crippen LogP contribution in [0.3, 0.4) is 0 Å². The molecule has 0 saturated heterocycles. The summed E-state index contributed by atoms with van der Waals surface area (Å²) in [5.74, 6) is -0.753. The molecule has 0 spiro atoms. The van der Waals surface area contributed by atoms with Crippen molar-refractivity contribution in [2.45, 2.75) is 13.0 Å². The molecule has 138 valence electrons. The third-order valence-electron chi connectivity index (χ3n) is 3.61. The van der Waals surface area contributed by atoms with Crippen molar-refractivity contribution in [3.8, 4) is 11.6 Å². The lowest BCUT2D eigenvalue weighted by molar-refractivity contribution is -0.122. The van der Waals surface area contributed by atoms with Crippen molar-refractivity contribution < 1.29 is 13.9 Å². The molecule has 1 aromatic heterocycles. The molecule has 2 aromatic carbocycles. The van der Waals surface area contributed by atoms with Crippen LogP contribution in [0.1, 0.15) is 6.92 Å². The largest absolute Gasteiger partial charge is 0.463 e. The van der Waals surface area contributed by atoms with E-state index in [4.69, 9.17) is 16.3 Å². The zero-order valence-electron chi connectivity index (χ0n) is 14.2. The van der Waals surface area contributed by atoms with Gasteiger partial charge >= 0.3 is 0 Å². The van der Waals surface area contributed by atoms with Crippen LogP contribution in [0.2, 0.25) is 5.02 Å². The van der Waals surface area contributed by atoms with Gasteiger partial charge in [0.2, 0.25) is 5.88 Å². The first-order valence-electron chi connectivity index (χ1n) is 8.02. The maximum atomic E-state index is 13.1. The Bertz CT molecular complexity index is 1020. The molecule has 0 aliphatic carbocycles. The molecule has 8 heteroatoms. The predicted molar refractivity (Wildman–Crippen MR) is 100.0 cm³/mol. The van der Waals surface area contributed by atoms with E-state index in [1.807, 2.05) is 0 Å². The summed E-state index contributed by atoms with van der Waals surface area (Å²) in [5, 5.41) is 7.25. The Hall–Kier alpha value is -3.19. The number of halogens is 2. The predicted octanol–water partition coefficient (Wildman–Crippen LogP) is 3.43. The minimum Gasteiger partial charge on any atom is -0.463 e. The molecular weight excluding hydrogens is 373 g/mol. The maximum Gasteiger partial charge on any atom is 0.271 e. The molecule has 0 radical (unpaired) electrons. The molecule has 0 bridgehead atoms. The third kappa shape index (κ3) is 4.71. The summed E-state index contributed by atoms with van der Waals surface area (Å²) >= 11 is 5.89.